The molecule has 4 rings (SSSR count). The molecule has 0 unspecified atom stereocenters. The molecular weight excluding hydrogens is 298 g/mol. The summed E-state index contributed by atoms with van der Waals surface area (Å²) >= 11 is 0. The highest BCUT2D eigenvalue weighted by molar-refractivity contribution is 5.79. The van der Waals surface area contributed by atoms with Gasteiger partial charge in [-0.25, -0.2) is 4.98 Å². The second kappa shape index (κ2) is 6.20. The maximum atomic E-state index is 4.44. The average Bonchev–Trinajstić information content (AvgIpc) is 3.18. The first-order valence-corrected chi connectivity index (χ1v) is 8.02. The molecule has 2 N–H and O–H groups in total. The second-order valence-electron chi connectivity index (χ2n) is 5.94. The number of aryl methyl sites for hydroxylation is 1. The Morgan fingerprint density at radius 1 is 1.08 bits per heavy atom. The van der Waals surface area contributed by atoms with Gasteiger partial charge in [-0.2, -0.15) is 5.10 Å². The normalized spacial score (nSPS) is 11.0. The van der Waals surface area contributed by atoms with Crippen molar-refractivity contribution in [2.75, 3.05) is 5.32 Å². The number of hydrogen-bond acceptors (Lipinski definition) is 3. The summed E-state index contributed by atoms with van der Waals surface area (Å²) in [6.07, 6.45) is 3.99. The molecule has 0 saturated carbocycles. The molecule has 120 valence electrons. The molecular formula is C19H19N5. The van der Waals surface area contributed by atoms with Crippen LogP contribution in [0.25, 0.3) is 11.0 Å². The summed E-state index contributed by atoms with van der Waals surface area (Å²) in [5.74, 6) is 0.935. The smallest absolute Gasteiger partial charge is 0.104 e. The van der Waals surface area contributed by atoms with Crippen LogP contribution in [-0.4, -0.2) is 19.7 Å². The van der Waals surface area contributed by atoms with E-state index in [1.165, 1.54) is 5.56 Å². The Balaban J connectivity index is 1.42. The molecule has 2 heterocycles. The average molecular weight is 317 g/mol. The van der Waals surface area contributed by atoms with E-state index < -0.39 is 0 Å². The number of rotatable bonds is 5. The van der Waals surface area contributed by atoms with Gasteiger partial charge in [-0.15, -0.1) is 0 Å². The number of hydrogen-bond donors (Lipinski definition) is 2. The molecule has 0 amide bonds. The fraction of sp³-hybridized carbons (Fsp3) is 0.158. The van der Waals surface area contributed by atoms with E-state index in [0.717, 1.165) is 41.2 Å². The molecule has 5 heteroatoms. The van der Waals surface area contributed by atoms with Gasteiger partial charge in [-0.3, -0.25) is 4.68 Å². The number of benzene rings is 2. The molecule has 5 nitrogen and oxygen atoms in total. The Morgan fingerprint density at radius 3 is 2.83 bits per heavy atom. The zero-order valence-corrected chi connectivity index (χ0v) is 13.5. The Morgan fingerprint density at radius 2 is 1.96 bits per heavy atom. The molecule has 2 aromatic carbocycles. The van der Waals surface area contributed by atoms with Crippen molar-refractivity contribution in [3.8, 4) is 0 Å². The van der Waals surface area contributed by atoms with Crippen LogP contribution in [0.2, 0.25) is 0 Å². The molecule has 0 bridgehead atoms. The number of H-pyrrole nitrogens is 1. The topological polar surface area (TPSA) is 58.5 Å². The molecule has 0 aliphatic rings. The Hall–Kier alpha value is -3.08. The van der Waals surface area contributed by atoms with E-state index in [-0.39, 0.29) is 0 Å². The van der Waals surface area contributed by atoms with Gasteiger partial charge in [0.25, 0.3) is 0 Å². The third kappa shape index (κ3) is 3.15. The Kier molecular flexibility index (Phi) is 3.75. The van der Waals surface area contributed by atoms with E-state index in [1.54, 1.807) is 0 Å². The van der Waals surface area contributed by atoms with Crippen LogP contribution in [0.1, 0.15) is 17.0 Å². The van der Waals surface area contributed by atoms with Gasteiger partial charge in [-0.05, 0) is 30.7 Å². The van der Waals surface area contributed by atoms with E-state index in [1.807, 2.05) is 29.9 Å². The maximum Gasteiger partial charge on any atom is 0.104 e. The largest absolute Gasteiger partial charge is 0.381 e. The van der Waals surface area contributed by atoms with Gasteiger partial charge in [0.05, 0.1) is 23.8 Å². The molecule has 0 radical (unpaired) electrons. The van der Waals surface area contributed by atoms with Crippen molar-refractivity contribution in [2.45, 2.75) is 20.0 Å². The van der Waals surface area contributed by atoms with E-state index >= 15 is 0 Å². The van der Waals surface area contributed by atoms with Gasteiger partial charge in [0.1, 0.15) is 5.82 Å². The van der Waals surface area contributed by atoms with Crippen molar-refractivity contribution < 1.29 is 0 Å². The summed E-state index contributed by atoms with van der Waals surface area (Å²) in [6.45, 7) is 3.50. The third-order valence-electron chi connectivity index (χ3n) is 3.97. The number of nitrogens with zero attached hydrogens (tertiary/aromatic N) is 3. The van der Waals surface area contributed by atoms with E-state index in [9.17, 15) is 0 Å². The lowest BCUT2D eigenvalue weighted by atomic mass is 10.2. The molecule has 24 heavy (non-hydrogen) atoms. The van der Waals surface area contributed by atoms with Gasteiger partial charge >= 0.3 is 0 Å². The van der Waals surface area contributed by atoms with Crippen LogP contribution in [0, 0.1) is 6.92 Å². The molecule has 0 saturated heterocycles. The van der Waals surface area contributed by atoms with Crippen molar-refractivity contribution in [1.29, 1.82) is 0 Å². The molecule has 0 aliphatic carbocycles. The molecule has 4 aromatic rings. The fourth-order valence-electron chi connectivity index (χ4n) is 2.81. The van der Waals surface area contributed by atoms with Crippen LogP contribution in [-0.2, 0) is 13.1 Å². The van der Waals surface area contributed by atoms with Crippen molar-refractivity contribution in [1.82, 2.24) is 19.7 Å². The number of aromatic nitrogens is 4. The minimum atomic E-state index is 0.743. The lowest BCUT2D eigenvalue weighted by Gasteiger charge is -2.04. The van der Waals surface area contributed by atoms with Crippen LogP contribution < -0.4 is 5.32 Å². The lowest BCUT2D eigenvalue weighted by molar-refractivity contribution is 0.686. The quantitative estimate of drug-likeness (QED) is 0.590. The van der Waals surface area contributed by atoms with E-state index in [4.69, 9.17) is 0 Å². The number of fused-ring (bicyclic) bond motifs is 1. The number of anilines is 1. The number of imidazole rings is 1. The highest BCUT2D eigenvalue weighted by atomic mass is 15.3. The number of nitrogens with one attached hydrogen (secondary N) is 2. The van der Waals surface area contributed by atoms with Crippen LogP contribution in [0.15, 0.2) is 60.9 Å². The first-order valence-electron chi connectivity index (χ1n) is 8.02. The predicted molar refractivity (Wildman–Crippen MR) is 95.9 cm³/mol. The molecule has 2 aromatic heterocycles. The van der Waals surface area contributed by atoms with Gasteiger partial charge in [-0.1, -0.05) is 30.3 Å². The Labute approximate surface area is 140 Å². The molecule has 0 fully saturated rings. The summed E-state index contributed by atoms with van der Waals surface area (Å²) in [5, 5.41) is 7.88. The van der Waals surface area contributed by atoms with Crippen LogP contribution in [0.4, 0.5) is 5.69 Å². The maximum absolute atomic E-state index is 4.44. The third-order valence-corrected chi connectivity index (χ3v) is 3.97. The van der Waals surface area contributed by atoms with Crippen LogP contribution >= 0.6 is 0 Å². The van der Waals surface area contributed by atoms with E-state index in [2.05, 4.69) is 63.0 Å². The summed E-state index contributed by atoms with van der Waals surface area (Å²) < 4.78 is 1.97. The first kappa shape index (κ1) is 14.5. The lowest BCUT2D eigenvalue weighted by Crippen LogP contribution is -2.00. The monoisotopic (exact) mass is 317 g/mol. The van der Waals surface area contributed by atoms with Gasteiger partial charge < -0.3 is 10.3 Å². The summed E-state index contributed by atoms with van der Waals surface area (Å²) in [4.78, 5) is 7.68. The molecule has 0 atom stereocenters. The summed E-state index contributed by atoms with van der Waals surface area (Å²) in [6, 6.07) is 16.5. The highest BCUT2D eigenvalue weighted by Crippen LogP contribution is 2.17. The van der Waals surface area contributed by atoms with Crippen molar-refractivity contribution in [3.63, 3.8) is 0 Å². The van der Waals surface area contributed by atoms with Crippen LogP contribution in [0.3, 0.4) is 0 Å². The zero-order valence-electron chi connectivity index (χ0n) is 13.5. The van der Waals surface area contributed by atoms with Crippen LogP contribution in [0.5, 0.6) is 0 Å². The SMILES string of the molecule is Cc1nc2ccc(NCc3cnn(Cc4ccccc4)c3)cc2[nH]1. The minimum Gasteiger partial charge on any atom is -0.381 e. The zero-order chi connectivity index (χ0) is 16.4. The Bertz CT molecular complexity index is 952. The summed E-state index contributed by atoms with van der Waals surface area (Å²) in [7, 11) is 0. The second-order valence-corrected chi connectivity index (χ2v) is 5.94. The standard InChI is InChI=1S/C19H19N5/c1-14-22-18-8-7-17(9-19(18)23-14)20-10-16-11-21-24(13-16)12-15-5-3-2-4-6-15/h2-9,11,13,20H,10,12H2,1H3,(H,22,23). The predicted octanol–water partition coefficient (Wildman–Crippen LogP) is 3.73. The van der Waals surface area contributed by atoms with Crippen molar-refractivity contribution >= 4 is 16.7 Å². The van der Waals surface area contributed by atoms with Gasteiger partial charge in [0.15, 0.2) is 0 Å². The fourth-order valence-corrected chi connectivity index (χ4v) is 2.81. The van der Waals surface area contributed by atoms with Gasteiger partial charge in [0.2, 0.25) is 0 Å². The summed E-state index contributed by atoms with van der Waals surface area (Å²) in [5.41, 5.74) is 5.53. The molecule has 0 spiro atoms. The minimum absolute atomic E-state index is 0.743. The van der Waals surface area contributed by atoms with E-state index in [0.29, 0.717) is 0 Å². The number of aromatic amines is 1. The van der Waals surface area contributed by atoms with Crippen molar-refractivity contribution in [2.24, 2.45) is 0 Å². The van der Waals surface area contributed by atoms with Crippen molar-refractivity contribution in [3.05, 3.63) is 77.9 Å². The first-order chi connectivity index (χ1) is 11.8. The van der Waals surface area contributed by atoms with Gasteiger partial charge in [0, 0.05) is 24.0 Å². The highest BCUT2D eigenvalue weighted by Gasteiger charge is 2.03. The molecule has 0 aliphatic heterocycles.